The summed E-state index contributed by atoms with van der Waals surface area (Å²) in [6.45, 7) is 0. The van der Waals surface area contributed by atoms with Crippen LogP contribution < -0.4 is 11.2 Å². The highest BCUT2D eigenvalue weighted by molar-refractivity contribution is 7.98. The molecule has 7 heteroatoms. The largest absolute Gasteiger partial charge is 0.332 e. The van der Waals surface area contributed by atoms with Crippen LogP contribution in [0.2, 0.25) is 0 Å². The van der Waals surface area contributed by atoms with Gasteiger partial charge in [-0.2, -0.15) is 0 Å². The van der Waals surface area contributed by atoms with Gasteiger partial charge in [-0.15, -0.1) is 11.8 Å². The van der Waals surface area contributed by atoms with Crippen molar-refractivity contribution in [2.24, 2.45) is 0 Å². The number of fused-ring (bicyclic) bond motifs is 1. The first kappa shape index (κ1) is 11.8. The molecule has 0 aliphatic heterocycles. The second kappa shape index (κ2) is 4.43. The lowest BCUT2D eigenvalue weighted by atomic mass is 10.2. The number of nitrogens with zero attached hydrogens (tertiary/aromatic N) is 1. The van der Waals surface area contributed by atoms with Crippen molar-refractivity contribution in [3.63, 3.8) is 0 Å². The molecule has 0 aliphatic carbocycles. The molecule has 3 rings (SSSR count). The molecule has 19 heavy (non-hydrogen) atoms. The molecule has 0 fully saturated rings. The fourth-order valence-electron chi connectivity index (χ4n) is 1.82. The second-order valence-corrected chi connectivity index (χ2v) is 4.83. The van der Waals surface area contributed by atoms with Gasteiger partial charge in [-0.25, -0.2) is 9.78 Å². The number of benzene rings is 1. The first-order valence-electron chi connectivity index (χ1n) is 5.54. The molecule has 96 valence electrons. The highest BCUT2D eigenvalue weighted by Gasteiger charge is 2.09. The molecule has 0 saturated carbocycles. The van der Waals surface area contributed by atoms with Crippen molar-refractivity contribution in [2.45, 2.75) is 4.90 Å². The number of rotatable bonds is 2. The Morgan fingerprint density at radius 3 is 2.47 bits per heavy atom. The Morgan fingerprint density at radius 2 is 1.79 bits per heavy atom. The Kier molecular flexibility index (Phi) is 2.75. The number of thioether (sulfide) groups is 1. The number of hydrogen-bond donors (Lipinski definition) is 3. The number of imidazole rings is 1. The predicted molar refractivity (Wildman–Crippen MR) is 74.6 cm³/mol. The van der Waals surface area contributed by atoms with E-state index in [9.17, 15) is 9.59 Å². The van der Waals surface area contributed by atoms with E-state index in [1.54, 1.807) is 11.8 Å². The van der Waals surface area contributed by atoms with Gasteiger partial charge >= 0.3 is 5.69 Å². The van der Waals surface area contributed by atoms with E-state index in [1.807, 2.05) is 30.5 Å². The van der Waals surface area contributed by atoms with Gasteiger partial charge in [-0.05, 0) is 18.4 Å². The summed E-state index contributed by atoms with van der Waals surface area (Å²) in [7, 11) is 0. The number of aromatic nitrogens is 4. The van der Waals surface area contributed by atoms with E-state index in [1.165, 1.54) is 0 Å². The van der Waals surface area contributed by atoms with Gasteiger partial charge in [0, 0.05) is 10.5 Å². The fourth-order valence-corrected chi connectivity index (χ4v) is 2.23. The molecule has 3 N–H and O–H groups in total. The van der Waals surface area contributed by atoms with Crippen LogP contribution in [0.4, 0.5) is 0 Å². The molecule has 0 saturated heterocycles. The summed E-state index contributed by atoms with van der Waals surface area (Å²) < 4.78 is 0. The highest BCUT2D eigenvalue weighted by atomic mass is 32.2. The number of aromatic amines is 3. The van der Waals surface area contributed by atoms with Gasteiger partial charge in [-0.1, -0.05) is 12.1 Å². The maximum atomic E-state index is 11.6. The van der Waals surface area contributed by atoms with E-state index in [2.05, 4.69) is 19.9 Å². The topological polar surface area (TPSA) is 94.4 Å². The van der Waals surface area contributed by atoms with Gasteiger partial charge in [0.2, 0.25) is 0 Å². The summed E-state index contributed by atoms with van der Waals surface area (Å²) in [4.78, 5) is 35.7. The van der Waals surface area contributed by atoms with Crippen molar-refractivity contribution in [3.8, 4) is 11.4 Å². The maximum Gasteiger partial charge on any atom is 0.327 e. The Hall–Kier alpha value is -2.28. The average Bonchev–Trinajstić information content (AvgIpc) is 2.83. The maximum absolute atomic E-state index is 11.6. The molecular weight excluding hydrogens is 264 g/mol. The van der Waals surface area contributed by atoms with Gasteiger partial charge < -0.3 is 4.98 Å². The van der Waals surface area contributed by atoms with E-state index in [0.29, 0.717) is 5.82 Å². The molecule has 2 heterocycles. The van der Waals surface area contributed by atoms with Crippen LogP contribution in [0.25, 0.3) is 22.6 Å². The van der Waals surface area contributed by atoms with Crippen molar-refractivity contribution in [2.75, 3.05) is 6.26 Å². The predicted octanol–water partition coefficient (Wildman–Crippen LogP) is 1.33. The zero-order chi connectivity index (χ0) is 13.4. The lowest BCUT2D eigenvalue weighted by Gasteiger charge is -1.98. The normalized spacial score (nSPS) is 11.0. The smallest absolute Gasteiger partial charge is 0.327 e. The first-order valence-corrected chi connectivity index (χ1v) is 6.76. The van der Waals surface area contributed by atoms with Gasteiger partial charge in [0.15, 0.2) is 5.65 Å². The third-order valence-electron chi connectivity index (χ3n) is 2.75. The van der Waals surface area contributed by atoms with Crippen molar-refractivity contribution < 1.29 is 0 Å². The summed E-state index contributed by atoms with van der Waals surface area (Å²) in [5.41, 5.74) is 0.349. The summed E-state index contributed by atoms with van der Waals surface area (Å²) in [5, 5.41) is 0. The van der Waals surface area contributed by atoms with Gasteiger partial charge in [-0.3, -0.25) is 14.8 Å². The van der Waals surface area contributed by atoms with E-state index < -0.39 is 11.2 Å². The average molecular weight is 274 g/mol. The third-order valence-corrected chi connectivity index (χ3v) is 3.50. The summed E-state index contributed by atoms with van der Waals surface area (Å²) >= 11 is 1.65. The van der Waals surface area contributed by atoms with Gasteiger partial charge in [0.1, 0.15) is 11.3 Å². The van der Waals surface area contributed by atoms with Crippen LogP contribution in [0.1, 0.15) is 0 Å². The third kappa shape index (κ3) is 2.08. The van der Waals surface area contributed by atoms with E-state index >= 15 is 0 Å². The van der Waals surface area contributed by atoms with Crippen molar-refractivity contribution in [1.82, 2.24) is 19.9 Å². The SMILES string of the molecule is CSc1ccc(-c2nc3[nH]c(=O)[nH]c(=O)c3[nH]2)cc1. The van der Waals surface area contributed by atoms with E-state index in [0.717, 1.165) is 10.5 Å². The molecule has 0 unspecified atom stereocenters. The molecule has 2 aromatic heterocycles. The summed E-state index contributed by atoms with van der Waals surface area (Å²) in [6, 6.07) is 7.77. The van der Waals surface area contributed by atoms with Crippen LogP contribution in [0.15, 0.2) is 38.8 Å². The van der Waals surface area contributed by atoms with E-state index in [4.69, 9.17) is 0 Å². The summed E-state index contributed by atoms with van der Waals surface area (Å²) in [6.07, 6.45) is 2.00. The second-order valence-electron chi connectivity index (χ2n) is 3.95. The van der Waals surface area contributed by atoms with Crippen LogP contribution in [0.3, 0.4) is 0 Å². The standard InChI is InChI=1S/C12H10N4O2S/c1-19-7-4-2-6(3-5-7)9-13-8-10(14-9)15-12(18)16-11(8)17/h2-5H,1H3,(H3,13,14,15,16,17,18). The summed E-state index contributed by atoms with van der Waals surface area (Å²) in [5.74, 6) is 0.551. The number of hydrogen-bond acceptors (Lipinski definition) is 4. The Labute approximate surface area is 111 Å². The molecule has 1 aromatic carbocycles. The van der Waals surface area contributed by atoms with Crippen LogP contribution in [0, 0.1) is 0 Å². The minimum atomic E-state index is -0.562. The minimum absolute atomic E-state index is 0.262. The zero-order valence-electron chi connectivity index (χ0n) is 9.98. The fraction of sp³-hybridized carbons (Fsp3) is 0.0833. The van der Waals surface area contributed by atoms with Gasteiger partial charge in [0.25, 0.3) is 5.56 Å². The van der Waals surface area contributed by atoms with Crippen molar-refractivity contribution >= 4 is 22.9 Å². The lowest BCUT2D eigenvalue weighted by Crippen LogP contribution is -2.21. The van der Waals surface area contributed by atoms with Crippen LogP contribution in [-0.2, 0) is 0 Å². The van der Waals surface area contributed by atoms with Crippen LogP contribution in [-0.4, -0.2) is 26.2 Å². The van der Waals surface area contributed by atoms with Crippen molar-refractivity contribution in [1.29, 1.82) is 0 Å². The Balaban J connectivity index is 2.17. The number of nitrogens with one attached hydrogen (secondary N) is 3. The van der Waals surface area contributed by atoms with Gasteiger partial charge in [0.05, 0.1) is 0 Å². The Bertz CT molecular complexity index is 845. The monoisotopic (exact) mass is 274 g/mol. The van der Waals surface area contributed by atoms with Crippen molar-refractivity contribution in [3.05, 3.63) is 45.1 Å². The molecule has 0 radical (unpaired) electrons. The number of H-pyrrole nitrogens is 3. The van der Waals surface area contributed by atoms with Crippen LogP contribution >= 0.6 is 11.8 Å². The minimum Gasteiger partial charge on any atom is -0.332 e. The molecule has 0 aliphatic rings. The highest BCUT2D eigenvalue weighted by Crippen LogP contribution is 2.21. The molecule has 0 amide bonds. The molecule has 0 atom stereocenters. The van der Waals surface area contributed by atoms with E-state index in [-0.39, 0.29) is 11.2 Å². The quantitative estimate of drug-likeness (QED) is 0.614. The van der Waals surface area contributed by atoms with Crippen LogP contribution in [0.5, 0.6) is 0 Å². The molecular formula is C12H10N4O2S. The molecule has 3 aromatic rings. The lowest BCUT2D eigenvalue weighted by molar-refractivity contribution is 1.07. The zero-order valence-corrected chi connectivity index (χ0v) is 10.8. The molecule has 0 bridgehead atoms. The molecule has 6 nitrogen and oxygen atoms in total. The molecule has 0 spiro atoms. The Morgan fingerprint density at radius 1 is 1.05 bits per heavy atom. The first-order chi connectivity index (χ1) is 9.17.